The van der Waals surface area contributed by atoms with Crippen LogP contribution in [0, 0.1) is 5.82 Å². The Bertz CT molecular complexity index is 1350. The number of hydrogen-bond donors (Lipinski definition) is 2. The van der Waals surface area contributed by atoms with Crippen LogP contribution in [-0.4, -0.2) is 30.2 Å². The number of urea groups is 1. The highest BCUT2D eigenvalue weighted by Gasteiger charge is 2.62. The lowest BCUT2D eigenvalue weighted by atomic mass is 9.85. The van der Waals surface area contributed by atoms with Crippen LogP contribution in [0.5, 0.6) is 17.4 Å². The number of rotatable bonds is 6. The maximum Gasteiger partial charge on any atom is 0.573 e. The number of ether oxygens (including phenoxy) is 3. The summed E-state index contributed by atoms with van der Waals surface area (Å²) in [5, 5.41) is 4.23. The van der Waals surface area contributed by atoms with E-state index in [1.165, 1.54) is 36.4 Å². The van der Waals surface area contributed by atoms with Gasteiger partial charge in [-0.15, -0.1) is 13.2 Å². The highest BCUT2D eigenvalue weighted by atomic mass is 35.5. The van der Waals surface area contributed by atoms with Gasteiger partial charge in [0.2, 0.25) is 5.88 Å². The molecule has 0 bridgehead atoms. The normalized spacial score (nSPS) is 17.4. The first-order valence-corrected chi connectivity index (χ1v) is 10.9. The molecule has 202 valence electrons. The molecule has 0 radical (unpaired) electrons. The van der Waals surface area contributed by atoms with Crippen LogP contribution in [0.25, 0.3) is 0 Å². The van der Waals surface area contributed by atoms with Crippen molar-refractivity contribution >= 4 is 29.0 Å². The maximum absolute atomic E-state index is 14.2. The van der Waals surface area contributed by atoms with Crippen LogP contribution >= 0.6 is 11.6 Å². The van der Waals surface area contributed by atoms with E-state index < -0.39 is 47.3 Å². The van der Waals surface area contributed by atoms with E-state index in [2.05, 4.69) is 20.4 Å². The van der Waals surface area contributed by atoms with Gasteiger partial charge in [0.05, 0.1) is 12.3 Å². The van der Waals surface area contributed by atoms with Crippen LogP contribution in [-0.2, 0) is 10.3 Å². The number of nitrogens with one attached hydrogen (secondary N) is 2. The van der Waals surface area contributed by atoms with E-state index in [0.717, 1.165) is 12.1 Å². The quantitative estimate of drug-likeness (QED) is 0.241. The lowest BCUT2D eigenvalue weighted by molar-refractivity contribution is -0.333. The first-order chi connectivity index (χ1) is 17.8. The molecule has 2 aromatic carbocycles. The van der Waals surface area contributed by atoms with E-state index in [1.54, 1.807) is 0 Å². The van der Waals surface area contributed by atoms with Gasteiger partial charge in [0.15, 0.2) is 5.60 Å². The minimum absolute atomic E-state index is 0.115. The Labute approximate surface area is 214 Å². The lowest BCUT2D eigenvalue weighted by Crippen LogP contribution is -2.52. The molecule has 3 aromatic rings. The molecule has 38 heavy (non-hydrogen) atoms. The monoisotopic (exact) mass is 565 g/mol. The number of carbonyl (C=O) groups excluding carboxylic acids is 1. The number of benzene rings is 2. The van der Waals surface area contributed by atoms with Crippen molar-refractivity contribution in [2.45, 2.75) is 24.6 Å². The number of alkyl halides is 6. The number of carbonyl (C=O) groups is 1. The van der Waals surface area contributed by atoms with Crippen molar-refractivity contribution in [3.8, 4) is 17.4 Å². The second-order valence-corrected chi connectivity index (χ2v) is 8.16. The average molecular weight is 566 g/mol. The van der Waals surface area contributed by atoms with E-state index >= 15 is 0 Å². The SMILES string of the molecule is O=C(Nc1ccc(OC(F)(F)F)cc1F)Nc1ccc(Cl)nc1Oc1ccccc1C1(C(F)(F)F)CCO1. The fraction of sp³-hybridized carbons (Fsp3) is 0.217. The third-order valence-electron chi connectivity index (χ3n) is 5.29. The largest absolute Gasteiger partial charge is 0.573 e. The van der Waals surface area contributed by atoms with Gasteiger partial charge in [-0.1, -0.05) is 29.8 Å². The molecule has 0 spiro atoms. The topological polar surface area (TPSA) is 81.7 Å². The van der Waals surface area contributed by atoms with E-state index in [1.807, 2.05) is 0 Å². The number of hydrogen-bond acceptors (Lipinski definition) is 5. The Morgan fingerprint density at radius 1 is 1.00 bits per heavy atom. The number of pyridine rings is 1. The first-order valence-electron chi connectivity index (χ1n) is 10.6. The number of para-hydroxylation sites is 1. The highest BCUT2D eigenvalue weighted by Crippen LogP contribution is 2.53. The van der Waals surface area contributed by atoms with Gasteiger partial charge < -0.3 is 24.8 Å². The van der Waals surface area contributed by atoms with Crippen LogP contribution < -0.4 is 20.1 Å². The summed E-state index contributed by atoms with van der Waals surface area (Å²) in [6.45, 7) is -0.115. The van der Waals surface area contributed by atoms with Crippen LogP contribution in [0.3, 0.4) is 0 Å². The summed E-state index contributed by atoms with van der Waals surface area (Å²) in [4.78, 5) is 16.4. The predicted molar refractivity (Wildman–Crippen MR) is 120 cm³/mol. The van der Waals surface area contributed by atoms with E-state index in [-0.39, 0.29) is 35.2 Å². The molecule has 1 saturated heterocycles. The highest BCUT2D eigenvalue weighted by molar-refractivity contribution is 6.29. The Morgan fingerprint density at radius 2 is 1.66 bits per heavy atom. The zero-order chi connectivity index (χ0) is 27.7. The van der Waals surface area contributed by atoms with Gasteiger partial charge >= 0.3 is 18.6 Å². The van der Waals surface area contributed by atoms with Gasteiger partial charge in [-0.2, -0.15) is 18.2 Å². The molecule has 0 saturated carbocycles. The van der Waals surface area contributed by atoms with Crippen molar-refractivity contribution in [1.82, 2.24) is 4.98 Å². The Kier molecular flexibility index (Phi) is 7.30. The minimum atomic E-state index is -5.04. The molecule has 1 aromatic heterocycles. The van der Waals surface area contributed by atoms with Gasteiger partial charge in [-0.3, -0.25) is 0 Å². The Balaban J connectivity index is 1.55. The molecule has 7 nitrogen and oxygen atoms in total. The molecule has 4 rings (SSSR count). The van der Waals surface area contributed by atoms with E-state index in [0.29, 0.717) is 6.07 Å². The van der Waals surface area contributed by atoms with Crippen molar-refractivity contribution < 1.29 is 49.7 Å². The maximum atomic E-state index is 14.2. The number of halogens is 8. The van der Waals surface area contributed by atoms with Crippen molar-refractivity contribution in [1.29, 1.82) is 0 Å². The smallest absolute Gasteiger partial charge is 0.437 e. The molecule has 1 atom stereocenters. The van der Waals surface area contributed by atoms with Crippen molar-refractivity contribution in [3.63, 3.8) is 0 Å². The van der Waals surface area contributed by atoms with Gasteiger partial charge in [0.1, 0.15) is 28.2 Å². The molecule has 2 heterocycles. The summed E-state index contributed by atoms with van der Waals surface area (Å²) in [5.74, 6) is -2.75. The summed E-state index contributed by atoms with van der Waals surface area (Å²) in [6, 6.07) is 8.63. The van der Waals surface area contributed by atoms with E-state index in [9.17, 15) is 35.5 Å². The van der Waals surface area contributed by atoms with Gasteiger partial charge in [0, 0.05) is 18.1 Å². The molecular weight excluding hydrogens is 551 g/mol. The van der Waals surface area contributed by atoms with Crippen LogP contribution in [0.2, 0.25) is 5.15 Å². The fourth-order valence-corrected chi connectivity index (χ4v) is 3.69. The second-order valence-electron chi connectivity index (χ2n) is 7.78. The Hall–Kier alpha value is -3.78. The summed E-state index contributed by atoms with van der Waals surface area (Å²) >= 11 is 5.91. The summed E-state index contributed by atoms with van der Waals surface area (Å²) in [5.41, 5.74) is -3.58. The molecule has 2 N–H and O–H groups in total. The van der Waals surface area contributed by atoms with E-state index in [4.69, 9.17) is 21.1 Å². The lowest BCUT2D eigenvalue weighted by Gasteiger charge is -2.43. The van der Waals surface area contributed by atoms with Gasteiger partial charge in [0.25, 0.3) is 0 Å². The van der Waals surface area contributed by atoms with Crippen LogP contribution in [0.1, 0.15) is 12.0 Å². The molecule has 1 aliphatic heterocycles. The van der Waals surface area contributed by atoms with Crippen molar-refractivity contribution in [2.75, 3.05) is 17.2 Å². The number of anilines is 2. The molecule has 2 amide bonds. The molecular formula is C23H15ClF7N3O4. The predicted octanol–water partition coefficient (Wildman–Crippen LogP) is 7.39. The summed E-state index contributed by atoms with van der Waals surface area (Å²) in [6.07, 6.45) is -10.1. The molecule has 1 unspecified atom stereocenters. The molecule has 0 aliphatic carbocycles. The summed E-state index contributed by atoms with van der Waals surface area (Å²) < 4.78 is 107. The summed E-state index contributed by atoms with van der Waals surface area (Å²) in [7, 11) is 0. The van der Waals surface area contributed by atoms with Gasteiger partial charge in [-0.25, -0.2) is 9.18 Å². The number of nitrogens with zero attached hydrogens (tertiary/aromatic N) is 1. The van der Waals surface area contributed by atoms with Crippen molar-refractivity contribution in [2.24, 2.45) is 0 Å². The van der Waals surface area contributed by atoms with Crippen molar-refractivity contribution in [3.05, 3.63) is 71.1 Å². The Morgan fingerprint density at radius 3 is 2.26 bits per heavy atom. The number of aromatic nitrogens is 1. The van der Waals surface area contributed by atoms with Crippen LogP contribution in [0.4, 0.5) is 46.9 Å². The molecule has 1 fully saturated rings. The third kappa shape index (κ3) is 5.86. The zero-order valence-corrected chi connectivity index (χ0v) is 19.5. The number of amides is 2. The fourth-order valence-electron chi connectivity index (χ4n) is 3.55. The average Bonchev–Trinajstić information content (AvgIpc) is 2.76. The van der Waals surface area contributed by atoms with Gasteiger partial charge in [-0.05, 0) is 30.3 Å². The first kappa shape index (κ1) is 27.3. The minimum Gasteiger partial charge on any atom is -0.437 e. The van der Waals surface area contributed by atoms with Crippen LogP contribution in [0.15, 0.2) is 54.6 Å². The zero-order valence-electron chi connectivity index (χ0n) is 18.7. The standard InChI is InChI=1S/C23H15ClF7N3O4/c24-18-8-7-16(33-20(35)32-15-6-5-12(11-14(15)25)38-23(29,30)31)19(34-18)37-17-4-2-1-3-13(17)21(9-10-36-21)22(26,27)28/h1-8,11H,9-10H2,(H2,32,33,35). The second kappa shape index (κ2) is 10.2. The molecule has 1 aliphatic rings. The molecule has 15 heteroatoms. The third-order valence-corrected chi connectivity index (χ3v) is 5.50.